The number of phenols is 1. The van der Waals surface area contributed by atoms with E-state index in [2.05, 4.69) is 15.5 Å². The number of carbonyl (C=O) groups is 1. The van der Waals surface area contributed by atoms with E-state index in [0.717, 1.165) is 5.69 Å². The Morgan fingerprint density at radius 1 is 1.44 bits per heavy atom. The maximum absolute atomic E-state index is 12.0. The van der Waals surface area contributed by atoms with Crippen molar-refractivity contribution in [3.63, 3.8) is 0 Å². The number of nitrogens with two attached hydrogens (primary N) is 1. The summed E-state index contributed by atoms with van der Waals surface area (Å²) in [5.41, 5.74) is 8.19. The molecule has 94 valence electrons. The lowest BCUT2D eigenvalue weighted by Crippen LogP contribution is -2.13. The molecule has 0 aliphatic carbocycles. The van der Waals surface area contributed by atoms with Crippen molar-refractivity contribution in [2.24, 2.45) is 0 Å². The Labute approximate surface area is 104 Å². The van der Waals surface area contributed by atoms with E-state index in [1.807, 2.05) is 6.92 Å². The number of aromatic nitrogens is 2. The number of nitrogen functional groups attached to an aromatic ring is 1. The van der Waals surface area contributed by atoms with Crippen molar-refractivity contribution in [1.29, 1.82) is 0 Å². The standard InChI is InChI=1S/C12H14N4O2/c1-6-11(7(2)16-15-6)14-12(18)8-3-4-9(13)10(17)5-8/h3-5,17H,13H2,1-2H3,(H,14,18)(H,15,16). The summed E-state index contributed by atoms with van der Waals surface area (Å²) in [5.74, 6) is -0.429. The Hall–Kier alpha value is -2.50. The molecule has 1 aromatic carbocycles. The molecule has 1 heterocycles. The second kappa shape index (κ2) is 4.40. The summed E-state index contributed by atoms with van der Waals surface area (Å²) in [4.78, 5) is 12.0. The molecule has 1 amide bonds. The van der Waals surface area contributed by atoms with Crippen LogP contribution in [0.5, 0.6) is 5.75 Å². The highest BCUT2D eigenvalue weighted by atomic mass is 16.3. The van der Waals surface area contributed by atoms with Gasteiger partial charge in [0.25, 0.3) is 5.91 Å². The minimum absolute atomic E-state index is 0.108. The molecule has 5 N–H and O–H groups in total. The SMILES string of the molecule is Cc1n[nH]c(C)c1NC(=O)c1ccc(N)c(O)c1. The van der Waals surface area contributed by atoms with Crippen LogP contribution in [0.25, 0.3) is 0 Å². The number of aromatic amines is 1. The molecule has 0 bridgehead atoms. The first kappa shape index (κ1) is 12.0. The van der Waals surface area contributed by atoms with Gasteiger partial charge >= 0.3 is 0 Å². The van der Waals surface area contributed by atoms with E-state index in [1.54, 1.807) is 13.0 Å². The number of benzene rings is 1. The van der Waals surface area contributed by atoms with Crippen LogP contribution in [0.3, 0.4) is 0 Å². The number of anilines is 2. The predicted molar refractivity (Wildman–Crippen MR) is 68.5 cm³/mol. The van der Waals surface area contributed by atoms with Crippen LogP contribution in [0.1, 0.15) is 21.7 Å². The molecule has 2 rings (SSSR count). The van der Waals surface area contributed by atoms with Gasteiger partial charge in [-0.3, -0.25) is 9.89 Å². The van der Waals surface area contributed by atoms with Crippen LogP contribution in [0.2, 0.25) is 0 Å². The molecule has 0 saturated carbocycles. The summed E-state index contributed by atoms with van der Waals surface area (Å²) in [5, 5.41) is 19.0. The van der Waals surface area contributed by atoms with Gasteiger partial charge in [0, 0.05) is 5.56 Å². The monoisotopic (exact) mass is 246 g/mol. The molecule has 0 radical (unpaired) electrons. The molecular formula is C12H14N4O2. The van der Waals surface area contributed by atoms with E-state index in [4.69, 9.17) is 5.73 Å². The van der Waals surface area contributed by atoms with Crippen molar-refractivity contribution in [2.75, 3.05) is 11.1 Å². The zero-order valence-electron chi connectivity index (χ0n) is 10.1. The van der Waals surface area contributed by atoms with Crippen LogP contribution in [0.15, 0.2) is 18.2 Å². The van der Waals surface area contributed by atoms with Crippen molar-refractivity contribution in [1.82, 2.24) is 10.2 Å². The van der Waals surface area contributed by atoms with E-state index in [1.165, 1.54) is 12.1 Å². The third kappa shape index (κ3) is 2.13. The molecule has 6 heteroatoms. The van der Waals surface area contributed by atoms with Gasteiger partial charge in [0.15, 0.2) is 0 Å². The van der Waals surface area contributed by atoms with Crippen LogP contribution in [0.4, 0.5) is 11.4 Å². The molecule has 2 aromatic rings. The fraction of sp³-hybridized carbons (Fsp3) is 0.167. The number of phenolic OH excluding ortho intramolecular Hbond substituents is 1. The summed E-state index contributed by atoms with van der Waals surface area (Å²) in [6.45, 7) is 3.61. The number of hydrogen-bond donors (Lipinski definition) is 4. The third-order valence-electron chi connectivity index (χ3n) is 2.66. The molecule has 0 unspecified atom stereocenters. The van der Waals surface area contributed by atoms with Crippen molar-refractivity contribution in [3.8, 4) is 5.75 Å². The molecule has 0 atom stereocenters. The van der Waals surface area contributed by atoms with E-state index in [0.29, 0.717) is 16.9 Å². The molecule has 0 aliphatic heterocycles. The molecule has 0 spiro atoms. The van der Waals surface area contributed by atoms with Crippen LogP contribution < -0.4 is 11.1 Å². The average molecular weight is 246 g/mol. The van der Waals surface area contributed by atoms with E-state index in [9.17, 15) is 9.90 Å². The second-order valence-corrected chi connectivity index (χ2v) is 4.04. The fourth-order valence-corrected chi connectivity index (χ4v) is 1.61. The van der Waals surface area contributed by atoms with Crippen molar-refractivity contribution in [3.05, 3.63) is 35.2 Å². The van der Waals surface area contributed by atoms with Gasteiger partial charge in [-0.2, -0.15) is 5.10 Å². The van der Waals surface area contributed by atoms with Gasteiger partial charge in [-0.25, -0.2) is 0 Å². The van der Waals surface area contributed by atoms with Gasteiger partial charge < -0.3 is 16.2 Å². The Bertz CT molecular complexity index is 585. The third-order valence-corrected chi connectivity index (χ3v) is 2.66. The molecular weight excluding hydrogens is 232 g/mol. The van der Waals surface area contributed by atoms with Crippen LogP contribution >= 0.6 is 0 Å². The summed E-state index contributed by atoms with van der Waals surface area (Å²) in [6.07, 6.45) is 0. The lowest BCUT2D eigenvalue weighted by Gasteiger charge is -2.06. The van der Waals surface area contributed by atoms with Crippen LogP contribution in [-0.4, -0.2) is 21.2 Å². The molecule has 0 fully saturated rings. The number of rotatable bonds is 2. The van der Waals surface area contributed by atoms with E-state index < -0.39 is 0 Å². The minimum atomic E-state index is -0.321. The Morgan fingerprint density at radius 3 is 2.72 bits per heavy atom. The summed E-state index contributed by atoms with van der Waals surface area (Å²) < 4.78 is 0. The summed E-state index contributed by atoms with van der Waals surface area (Å²) in [7, 11) is 0. The quantitative estimate of drug-likeness (QED) is 0.477. The zero-order chi connectivity index (χ0) is 13.3. The van der Waals surface area contributed by atoms with Crippen LogP contribution in [0, 0.1) is 13.8 Å². The number of nitrogens with zero attached hydrogens (tertiary/aromatic N) is 1. The number of aryl methyl sites for hydroxylation is 2. The molecule has 0 saturated heterocycles. The van der Waals surface area contributed by atoms with E-state index >= 15 is 0 Å². The number of amides is 1. The highest BCUT2D eigenvalue weighted by Gasteiger charge is 2.12. The molecule has 18 heavy (non-hydrogen) atoms. The van der Waals surface area contributed by atoms with Gasteiger partial charge in [-0.15, -0.1) is 0 Å². The summed E-state index contributed by atoms with van der Waals surface area (Å²) >= 11 is 0. The van der Waals surface area contributed by atoms with E-state index in [-0.39, 0.29) is 17.3 Å². The molecule has 0 aliphatic rings. The zero-order valence-corrected chi connectivity index (χ0v) is 10.1. The Kier molecular flexibility index (Phi) is 2.93. The van der Waals surface area contributed by atoms with Crippen molar-refractivity contribution < 1.29 is 9.90 Å². The Morgan fingerprint density at radius 2 is 2.17 bits per heavy atom. The van der Waals surface area contributed by atoms with Crippen molar-refractivity contribution in [2.45, 2.75) is 13.8 Å². The van der Waals surface area contributed by atoms with Crippen LogP contribution in [-0.2, 0) is 0 Å². The highest BCUT2D eigenvalue weighted by Crippen LogP contribution is 2.22. The second-order valence-electron chi connectivity index (χ2n) is 4.04. The first-order valence-electron chi connectivity index (χ1n) is 5.40. The number of H-pyrrole nitrogens is 1. The number of aromatic hydroxyl groups is 1. The van der Waals surface area contributed by atoms with Gasteiger partial charge in [0.05, 0.1) is 22.8 Å². The average Bonchev–Trinajstić information content (AvgIpc) is 2.64. The summed E-state index contributed by atoms with van der Waals surface area (Å²) in [6, 6.07) is 4.36. The number of hydrogen-bond acceptors (Lipinski definition) is 4. The topological polar surface area (TPSA) is 104 Å². The minimum Gasteiger partial charge on any atom is -0.506 e. The maximum Gasteiger partial charge on any atom is 0.255 e. The van der Waals surface area contributed by atoms with Gasteiger partial charge in [-0.1, -0.05) is 0 Å². The first-order chi connectivity index (χ1) is 8.49. The molecule has 1 aromatic heterocycles. The van der Waals surface area contributed by atoms with Crippen molar-refractivity contribution >= 4 is 17.3 Å². The van der Waals surface area contributed by atoms with Gasteiger partial charge in [0.2, 0.25) is 0 Å². The lowest BCUT2D eigenvalue weighted by molar-refractivity contribution is 0.102. The predicted octanol–water partition coefficient (Wildman–Crippen LogP) is 1.57. The lowest BCUT2D eigenvalue weighted by atomic mass is 10.1. The fourth-order valence-electron chi connectivity index (χ4n) is 1.61. The Balaban J connectivity index is 2.25. The van der Waals surface area contributed by atoms with Gasteiger partial charge in [-0.05, 0) is 32.0 Å². The van der Waals surface area contributed by atoms with Gasteiger partial charge in [0.1, 0.15) is 5.75 Å². The normalized spacial score (nSPS) is 10.3. The highest BCUT2D eigenvalue weighted by molar-refractivity contribution is 6.05. The molecule has 6 nitrogen and oxygen atoms in total. The maximum atomic E-state index is 12.0. The largest absolute Gasteiger partial charge is 0.506 e. The first-order valence-corrected chi connectivity index (χ1v) is 5.40. The smallest absolute Gasteiger partial charge is 0.255 e. The number of carbonyl (C=O) groups excluding carboxylic acids is 1. The number of nitrogens with one attached hydrogen (secondary N) is 2.